The summed E-state index contributed by atoms with van der Waals surface area (Å²) in [7, 11) is 0. The monoisotopic (exact) mass is 305 g/mol. The standard InChI is InChI=1S/C15H17F2N5/c1-8(16)13-20-14(18)22-15(21-13)19-7-10-3-2-9-4-5-11(17)6-12(9)10/h4-6,8,10H,2-3,7H2,1H3,(H3,18,19,20,21,22)/t8-,10+/m1/s1. The van der Waals surface area contributed by atoms with Gasteiger partial charge in [-0.1, -0.05) is 6.07 Å². The van der Waals surface area contributed by atoms with Gasteiger partial charge in [-0.3, -0.25) is 0 Å². The fraction of sp³-hybridized carbons (Fsp3) is 0.400. The normalized spacial score (nSPS) is 18.0. The third-order valence-electron chi connectivity index (χ3n) is 3.84. The number of hydrogen-bond acceptors (Lipinski definition) is 5. The van der Waals surface area contributed by atoms with Crippen LogP contribution in [0.3, 0.4) is 0 Å². The van der Waals surface area contributed by atoms with Gasteiger partial charge in [-0.05, 0) is 43.0 Å². The topological polar surface area (TPSA) is 76.7 Å². The van der Waals surface area contributed by atoms with Gasteiger partial charge in [0, 0.05) is 12.5 Å². The smallest absolute Gasteiger partial charge is 0.227 e. The SMILES string of the molecule is C[C@@H](F)c1nc(N)nc(NC[C@@H]2CCc3ccc(F)cc32)n1. The van der Waals surface area contributed by atoms with Gasteiger partial charge in [-0.2, -0.15) is 15.0 Å². The first-order valence-electron chi connectivity index (χ1n) is 7.20. The number of nitrogens with one attached hydrogen (secondary N) is 1. The van der Waals surface area contributed by atoms with Gasteiger partial charge < -0.3 is 11.1 Å². The fourth-order valence-electron chi connectivity index (χ4n) is 2.75. The van der Waals surface area contributed by atoms with Crippen LogP contribution in [0.1, 0.15) is 42.4 Å². The molecule has 0 spiro atoms. The van der Waals surface area contributed by atoms with Gasteiger partial charge in [0.15, 0.2) is 12.0 Å². The van der Waals surface area contributed by atoms with Crippen molar-refractivity contribution in [3.63, 3.8) is 0 Å². The lowest BCUT2D eigenvalue weighted by atomic mass is 10.0. The van der Waals surface area contributed by atoms with Crippen LogP contribution < -0.4 is 11.1 Å². The summed E-state index contributed by atoms with van der Waals surface area (Å²) >= 11 is 0. The van der Waals surface area contributed by atoms with E-state index in [0.717, 1.165) is 18.4 Å². The van der Waals surface area contributed by atoms with E-state index in [1.54, 1.807) is 6.07 Å². The zero-order valence-electron chi connectivity index (χ0n) is 12.2. The van der Waals surface area contributed by atoms with Gasteiger partial charge in [0.1, 0.15) is 5.82 Å². The number of rotatable bonds is 4. The van der Waals surface area contributed by atoms with Gasteiger partial charge in [0.05, 0.1) is 0 Å². The Bertz CT molecular complexity index is 690. The summed E-state index contributed by atoms with van der Waals surface area (Å²) in [6, 6.07) is 4.89. The molecule has 1 aromatic carbocycles. The maximum atomic E-state index is 13.4. The number of alkyl halides is 1. The van der Waals surface area contributed by atoms with Crippen molar-refractivity contribution in [2.45, 2.75) is 31.9 Å². The first-order chi connectivity index (χ1) is 10.5. The van der Waals surface area contributed by atoms with E-state index in [9.17, 15) is 8.78 Å². The third-order valence-corrected chi connectivity index (χ3v) is 3.84. The Kier molecular flexibility index (Phi) is 3.87. The lowest BCUT2D eigenvalue weighted by Gasteiger charge is -2.13. The van der Waals surface area contributed by atoms with Gasteiger partial charge in [0.25, 0.3) is 0 Å². The summed E-state index contributed by atoms with van der Waals surface area (Å²) in [4.78, 5) is 11.7. The molecule has 0 fully saturated rings. The second-order valence-corrected chi connectivity index (χ2v) is 5.45. The van der Waals surface area contributed by atoms with E-state index < -0.39 is 6.17 Å². The number of nitrogens with zero attached hydrogens (tertiary/aromatic N) is 3. The van der Waals surface area contributed by atoms with Crippen LogP contribution >= 0.6 is 0 Å². The number of fused-ring (bicyclic) bond motifs is 1. The zero-order chi connectivity index (χ0) is 15.7. The summed E-state index contributed by atoms with van der Waals surface area (Å²) in [6.45, 7) is 1.88. The molecular weight excluding hydrogens is 288 g/mol. The molecule has 0 saturated carbocycles. The molecule has 3 N–H and O–H groups in total. The largest absolute Gasteiger partial charge is 0.368 e. The van der Waals surface area contributed by atoms with E-state index in [1.165, 1.54) is 18.6 Å². The molecule has 0 amide bonds. The van der Waals surface area contributed by atoms with Crippen LogP contribution in [-0.4, -0.2) is 21.5 Å². The third kappa shape index (κ3) is 2.98. The Morgan fingerprint density at radius 2 is 2.18 bits per heavy atom. The summed E-state index contributed by atoms with van der Waals surface area (Å²) in [5, 5.41) is 3.05. The predicted molar refractivity (Wildman–Crippen MR) is 79.7 cm³/mol. The minimum Gasteiger partial charge on any atom is -0.368 e. The maximum absolute atomic E-state index is 13.4. The van der Waals surface area contributed by atoms with Crippen molar-refractivity contribution in [1.29, 1.82) is 0 Å². The minimum absolute atomic E-state index is 0.00728. The van der Waals surface area contributed by atoms with Crippen molar-refractivity contribution < 1.29 is 8.78 Å². The molecule has 0 aliphatic heterocycles. The van der Waals surface area contributed by atoms with Crippen molar-refractivity contribution >= 4 is 11.9 Å². The number of benzene rings is 1. The highest BCUT2D eigenvalue weighted by atomic mass is 19.1. The van der Waals surface area contributed by atoms with E-state index in [1.807, 2.05) is 6.07 Å². The molecule has 0 unspecified atom stereocenters. The highest BCUT2D eigenvalue weighted by molar-refractivity contribution is 5.38. The Balaban J connectivity index is 1.73. The molecule has 2 aromatic rings. The van der Waals surface area contributed by atoms with Crippen LogP contribution in [0.25, 0.3) is 0 Å². The molecule has 7 heteroatoms. The highest BCUT2D eigenvalue weighted by Crippen LogP contribution is 2.33. The number of nitrogen functional groups attached to an aromatic ring is 1. The lowest BCUT2D eigenvalue weighted by molar-refractivity contribution is 0.356. The molecular formula is C15H17F2N5. The second kappa shape index (κ2) is 5.82. The average molecular weight is 305 g/mol. The second-order valence-electron chi connectivity index (χ2n) is 5.45. The lowest BCUT2D eigenvalue weighted by Crippen LogP contribution is -2.15. The molecule has 5 nitrogen and oxygen atoms in total. The quantitative estimate of drug-likeness (QED) is 0.908. The first kappa shape index (κ1) is 14.6. The summed E-state index contributed by atoms with van der Waals surface area (Å²) in [6.07, 6.45) is 0.541. The van der Waals surface area contributed by atoms with Gasteiger partial charge >= 0.3 is 0 Å². The van der Waals surface area contributed by atoms with Crippen LogP contribution in [-0.2, 0) is 6.42 Å². The summed E-state index contributed by atoms with van der Waals surface area (Å²) in [5.41, 5.74) is 7.73. The highest BCUT2D eigenvalue weighted by Gasteiger charge is 2.23. The number of anilines is 2. The Labute approximate surface area is 127 Å². The van der Waals surface area contributed by atoms with Crippen molar-refractivity contribution in [2.75, 3.05) is 17.6 Å². The Hall–Kier alpha value is -2.31. The molecule has 0 radical (unpaired) electrons. The molecule has 0 saturated heterocycles. The number of nitrogens with two attached hydrogens (primary N) is 1. The number of aryl methyl sites for hydroxylation is 1. The Morgan fingerprint density at radius 3 is 2.95 bits per heavy atom. The molecule has 1 aromatic heterocycles. The summed E-state index contributed by atoms with van der Waals surface area (Å²) in [5.74, 6) is 0.179. The Morgan fingerprint density at radius 1 is 1.36 bits per heavy atom. The van der Waals surface area contributed by atoms with Crippen LogP contribution in [0, 0.1) is 5.82 Å². The number of halogens is 2. The molecule has 116 valence electrons. The molecule has 22 heavy (non-hydrogen) atoms. The minimum atomic E-state index is -1.31. The molecule has 1 aliphatic rings. The summed E-state index contributed by atoms with van der Waals surface area (Å²) < 4.78 is 26.7. The van der Waals surface area contributed by atoms with Crippen LogP contribution in [0.15, 0.2) is 18.2 Å². The van der Waals surface area contributed by atoms with E-state index in [4.69, 9.17) is 5.73 Å². The average Bonchev–Trinajstić information content (AvgIpc) is 2.86. The first-order valence-corrected chi connectivity index (χ1v) is 7.20. The predicted octanol–water partition coefficient (Wildman–Crippen LogP) is 2.77. The van der Waals surface area contributed by atoms with E-state index in [0.29, 0.717) is 6.54 Å². The number of hydrogen-bond donors (Lipinski definition) is 2. The maximum Gasteiger partial charge on any atom is 0.227 e. The number of aromatic nitrogens is 3. The van der Waals surface area contributed by atoms with Crippen molar-refractivity contribution in [3.05, 3.63) is 41.0 Å². The fourth-order valence-corrected chi connectivity index (χ4v) is 2.75. The van der Waals surface area contributed by atoms with E-state index >= 15 is 0 Å². The van der Waals surface area contributed by atoms with Crippen molar-refractivity contribution in [2.24, 2.45) is 0 Å². The van der Waals surface area contributed by atoms with Gasteiger partial charge in [-0.25, -0.2) is 8.78 Å². The molecule has 2 atom stereocenters. The van der Waals surface area contributed by atoms with Crippen molar-refractivity contribution in [3.8, 4) is 0 Å². The van der Waals surface area contributed by atoms with Crippen LogP contribution in [0.5, 0.6) is 0 Å². The molecule has 1 heterocycles. The molecule has 0 bridgehead atoms. The van der Waals surface area contributed by atoms with E-state index in [-0.39, 0.29) is 29.5 Å². The van der Waals surface area contributed by atoms with Crippen LogP contribution in [0.4, 0.5) is 20.7 Å². The van der Waals surface area contributed by atoms with Crippen LogP contribution in [0.2, 0.25) is 0 Å². The van der Waals surface area contributed by atoms with Crippen molar-refractivity contribution in [1.82, 2.24) is 15.0 Å². The van der Waals surface area contributed by atoms with Gasteiger partial charge in [0.2, 0.25) is 11.9 Å². The molecule has 1 aliphatic carbocycles. The zero-order valence-corrected chi connectivity index (χ0v) is 12.2. The van der Waals surface area contributed by atoms with Gasteiger partial charge in [-0.15, -0.1) is 0 Å². The molecule has 3 rings (SSSR count). The van der Waals surface area contributed by atoms with E-state index in [2.05, 4.69) is 20.3 Å².